The van der Waals surface area contributed by atoms with Crippen LogP contribution in [0.5, 0.6) is 0 Å². The van der Waals surface area contributed by atoms with E-state index >= 15 is 0 Å². The summed E-state index contributed by atoms with van der Waals surface area (Å²) >= 11 is 0. The van der Waals surface area contributed by atoms with Crippen LogP contribution in [0.25, 0.3) is 0 Å². The van der Waals surface area contributed by atoms with Crippen molar-refractivity contribution < 1.29 is 4.79 Å². The topological polar surface area (TPSA) is 41.1 Å². The molecule has 0 bridgehead atoms. The fourth-order valence-corrected chi connectivity index (χ4v) is 2.67. The minimum Gasteiger partial charge on any atom is -0.385 e. The Kier molecular flexibility index (Phi) is 4.13. The average molecular weight is 260 g/mol. The van der Waals surface area contributed by atoms with Gasteiger partial charge in [-0.1, -0.05) is 18.6 Å². The largest absolute Gasteiger partial charge is 0.385 e. The van der Waals surface area contributed by atoms with Gasteiger partial charge >= 0.3 is 0 Å². The third kappa shape index (κ3) is 2.91. The van der Waals surface area contributed by atoms with Gasteiger partial charge in [0, 0.05) is 17.8 Å². The van der Waals surface area contributed by atoms with Crippen LogP contribution in [0.4, 0.5) is 5.69 Å². The van der Waals surface area contributed by atoms with Crippen LogP contribution >= 0.6 is 0 Å². The van der Waals surface area contributed by atoms with Gasteiger partial charge in [-0.3, -0.25) is 4.79 Å². The standard InChI is InChI=1S/C16H24N2O/c1-4-16(9-6-10-16)18-15(19)13-11-12(3)7-8-14(13)17-5-2/h7-8,11,17H,4-6,9-10H2,1-3H3,(H,18,19). The molecule has 0 unspecified atom stereocenters. The molecule has 0 spiro atoms. The first kappa shape index (κ1) is 13.9. The zero-order valence-corrected chi connectivity index (χ0v) is 12.2. The van der Waals surface area contributed by atoms with E-state index in [0.29, 0.717) is 0 Å². The predicted octanol–water partition coefficient (Wildman–Crippen LogP) is 3.49. The summed E-state index contributed by atoms with van der Waals surface area (Å²) in [4.78, 5) is 12.5. The Balaban J connectivity index is 2.20. The van der Waals surface area contributed by atoms with E-state index in [-0.39, 0.29) is 11.4 Å². The second-order valence-corrected chi connectivity index (χ2v) is 5.52. The molecule has 0 aliphatic heterocycles. The first-order chi connectivity index (χ1) is 9.10. The van der Waals surface area contributed by atoms with E-state index < -0.39 is 0 Å². The number of nitrogens with one attached hydrogen (secondary N) is 2. The van der Waals surface area contributed by atoms with E-state index in [1.165, 1.54) is 6.42 Å². The van der Waals surface area contributed by atoms with Crippen LogP contribution in [-0.4, -0.2) is 18.0 Å². The molecule has 1 amide bonds. The minimum atomic E-state index is 0.0459. The van der Waals surface area contributed by atoms with Gasteiger partial charge in [0.15, 0.2) is 0 Å². The fourth-order valence-electron chi connectivity index (χ4n) is 2.67. The van der Waals surface area contributed by atoms with Gasteiger partial charge in [0.1, 0.15) is 0 Å². The Labute approximate surface area is 115 Å². The van der Waals surface area contributed by atoms with E-state index in [9.17, 15) is 4.79 Å². The molecular weight excluding hydrogens is 236 g/mol. The van der Waals surface area contributed by atoms with E-state index in [0.717, 1.165) is 42.6 Å². The van der Waals surface area contributed by atoms with Gasteiger partial charge in [-0.05, 0) is 51.7 Å². The van der Waals surface area contributed by atoms with Crippen LogP contribution in [0.15, 0.2) is 18.2 Å². The van der Waals surface area contributed by atoms with Gasteiger partial charge in [-0.15, -0.1) is 0 Å². The number of benzene rings is 1. The molecule has 104 valence electrons. The Morgan fingerprint density at radius 1 is 1.32 bits per heavy atom. The number of carbonyl (C=O) groups excluding carboxylic acids is 1. The van der Waals surface area contributed by atoms with Crippen molar-refractivity contribution in [1.29, 1.82) is 0 Å². The minimum absolute atomic E-state index is 0.0459. The number of aryl methyl sites for hydroxylation is 1. The molecule has 1 saturated carbocycles. The normalized spacial score (nSPS) is 16.6. The van der Waals surface area contributed by atoms with Crippen LogP contribution in [0, 0.1) is 6.92 Å². The van der Waals surface area contributed by atoms with Crippen molar-refractivity contribution in [2.45, 2.75) is 52.0 Å². The molecule has 0 radical (unpaired) electrons. The highest BCUT2D eigenvalue weighted by molar-refractivity contribution is 6.00. The molecule has 19 heavy (non-hydrogen) atoms. The van der Waals surface area contributed by atoms with Crippen molar-refractivity contribution in [2.24, 2.45) is 0 Å². The molecule has 1 fully saturated rings. The highest BCUT2D eigenvalue weighted by atomic mass is 16.1. The van der Waals surface area contributed by atoms with E-state index in [1.807, 2.05) is 32.0 Å². The van der Waals surface area contributed by atoms with Gasteiger partial charge in [0.2, 0.25) is 0 Å². The Morgan fingerprint density at radius 3 is 2.58 bits per heavy atom. The molecule has 0 heterocycles. The molecule has 2 rings (SSSR count). The van der Waals surface area contributed by atoms with E-state index in [4.69, 9.17) is 0 Å². The molecule has 0 saturated heterocycles. The number of amides is 1. The number of anilines is 1. The summed E-state index contributed by atoms with van der Waals surface area (Å²) < 4.78 is 0. The van der Waals surface area contributed by atoms with Gasteiger partial charge in [-0.2, -0.15) is 0 Å². The lowest BCUT2D eigenvalue weighted by atomic mass is 9.74. The molecule has 1 aliphatic rings. The van der Waals surface area contributed by atoms with Crippen LogP contribution < -0.4 is 10.6 Å². The molecule has 2 N–H and O–H groups in total. The highest BCUT2D eigenvalue weighted by Gasteiger charge is 2.36. The zero-order valence-electron chi connectivity index (χ0n) is 12.2. The Morgan fingerprint density at radius 2 is 2.05 bits per heavy atom. The quantitative estimate of drug-likeness (QED) is 0.851. The summed E-state index contributed by atoms with van der Waals surface area (Å²) in [5, 5.41) is 6.51. The van der Waals surface area contributed by atoms with Gasteiger partial charge in [0.25, 0.3) is 5.91 Å². The second-order valence-electron chi connectivity index (χ2n) is 5.52. The van der Waals surface area contributed by atoms with E-state index in [1.54, 1.807) is 0 Å². The van der Waals surface area contributed by atoms with Crippen molar-refractivity contribution in [2.75, 3.05) is 11.9 Å². The molecule has 1 aliphatic carbocycles. The molecule has 0 aromatic heterocycles. The molecule has 3 nitrogen and oxygen atoms in total. The van der Waals surface area contributed by atoms with Crippen LogP contribution in [-0.2, 0) is 0 Å². The van der Waals surface area contributed by atoms with Crippen molar-refractivity contribution in [3.8, 4) is 0 Å². The monoisotopic (exact) mass is 260 g/mol. The first-order valence-electron chi connectivity index (χ1n) is 7.27. The number of hydrogen-bond acceptors (Lipinski definition) is 2. The lowest BCUT2D eigenvalue weighted by molar-refractivity contribution is 0.0821. The van der Waals surface area contributed by atoms with Crippen LogP contribution in [0.2, 0.25) is 0 Å². The summed E-state index contributed by atoms with van der Waals surface area (Å²) in [5.74, 6) is 0.0567. The SMILES string of the molecule is CCNc1ccc(C)cc1C(=O)NC1(CC)CCC1. The maximum absolute atomic E-state index is 12.5. The lowest BCUT2D eigenvalue weighted by Gasteiger charge is -2.42. The second kappa shape index (κ2) is 5.64. The Bertz CT molecular complexity index is 458. The van der Waals surface area contributed by atoms with Crippen molar-refractivity contribution in [3.05, 3.63) is 29.3 Å². The van der Waals surface area contributed by atoms with Gasteiger partial charge in [0.05, 0.1) is 5.56 Å². The molecule has 1 aromatic carbocycles. The molecule has 0 atom stereocenters. The maximum Gasteiger partial charge on any atom is 0.253 e. The fraction of sp³-hybridized carbons (Fsp3) is 0.562. The zero-order chi connectivity index (χ0) is 13.9. The summed E-state index contributed by atoms with van der Waals surface area (Å²) in [6.45, 7) is 7.04. The van der Waals surface area contributed by atoms with Crippen molar-refractivity contribution in [1.82, 2.24) is 5.32 Å². The number of hydrogen-bond donors (Lipinski definition) is 2. The Hall–Kier alpha value is -1.51. The summed E-state index contributed by atoms with van der Waals surface area (Å²) in [6, 6.07) is 6.00. The summed E-state index contributed by atoms with van der Waals surface area (Å²) in [7, 11) is 0. The first-order valence-corrected chi connectivity index (χ1v) is 7.27. The molecular formula is C16H24N2O. The lowest BCUT2D eigenvalue weighted by Crippen LogP contribution is -2.53. The van der Waals surface area contributed by atoms with Gasteiger partial charge < -0.3 is 10.6 Å². The summed E-state index contributed by atoms with van der Waals surface area (Å²) in [5.41, 5.74) is 2.85. The maximum atomic E-state index is 12.5. The number of carbonyl (C=O) groups is 1. The van der Waals surface area contributed by atoms with Crippen molar-refractivity contribution in [3.63, 3.8) is 0 Å². The van der Waals surface area contributed by atoms with Gasteiger partial charge in [-0.25, -0.2) is 0 Å². The predicted molar refractivity (Wildman–Crippen MR) is 79.7 cm³/mol. The van der Waals surface area contributed by atoms with Crippen LogP contribution in [0.1, 0.15) is 55.5 Å². The highest BCUT2D eigenvalue weighted by Crippen LogP contribution is 2.35. The average Bonchev–Trinajstić information content (AvgIpc) is 2.36. The third-order valence-corrected chi connectivity index (χ3v) is 4.15. The van der Waals surface area contributed by atoms with Crippen LogP contribution in [0.3, 0.4) is 0 Å². The summed E-state index contributed by atoms with van der Waals surface area (Å²) in [6.07, 6.45) is 4.46. The third-order valence-electron chi connectivity index (χ3n) is 4.15. The van der Waals surface area contributed by atoms with Crippen molar-refractivity contribution >= 4 is 11.6 Å². The van der Waals surface area contributed by atoms with E-state index in [2.05, 4.69) is 17.6 Å². The molecule has 1 aromatic rings. The number of rotatable bonds is 5. The smallest absolute Gasteiger partial charge is 0.253 e. The molecule has 3 heteroatoms.